The van der Waals surface area contributed by atoms with Crippen LogP contribution in [0.4, 0.5) is 0 Å². The van der Waals surface area contributed by atoms with Crippen LogP contribution >= 0.6 is 23.7 Å². The van der Waals surface area contributed by atoms with E-state index in [2.05, 4.69) is 22.1 Å². The maximum Gasteiger partial charge on any atom is 0.223 e. The van der Waals surface area contributed by atoms with Crippen LogP contribution in [0.25, 0.3) is 0 Å². The summed E-state index contributed by atoms with van der Waals surface area (Å²) in [5.41, 5.74) is 7.60. The van der Waals surface area contributed by atoms with E-state index in [-0.39, 0.29) is 24.2 Å². The first-order chi connectivity index (χ1) is 9.74. The largest absolute Gasteiger partial charge is 0.356 e. The highest BCUT2D eigenvalue weighted by Crippen LogP contribution is 2.41. The third kappa shape index (κ3) is 3.99. The number of rotatable bonds is 4. The Morgan fingerprint density at radius 1 is 1.33 bits per heavy atom. The van der Waals surface area contributed by atoms with Crippen LogP contribution in [-0.4, -0.2) is 18.5 Å². The maximum absolute atomic E-state index is 12.3. The van der Waals surface area contributed by atoms with Gasteiger partial charge in [-0.05, 0) is 66.3 Å². The summed E-state index contributed by atoms with van der Waals surface area (Å²) in [6, 6.07) is 2.47. The SMILES string of the molecule is Cl.NC1C2CCCC1CC(C(=O)NCCc1ccsc1)C2. The second-order valence-corrected chi connectivity index (χ2v) is 7.15. The lowest BCUT2D eigenvalue weighted by Crippen LogP contribution is -2.49. The molecule has 0 radical (unpaired) electrons. The van der Waals surface area contributed by atoms with Crippen LogP contribution in [-0.2, 0) is 11.2 Å². The fraction of sp³-hybridized carbons (Fsp3) is 0.688. The van der Waals surface area contributed by atoms with E-state index in [9.17, 15) is 4.79 Å². The van der Waals surface area contributed by atoms with Crippen LogP contribution in [0.5, 0.6) is 0 Å². The van der Waals surface area contributed by atoms with Crippen LogP contribution in [0.2, 0.25) is 0 Å². The molecule has 1 amide bonds. The smallest absolute Gasteiger partial charge is 0.223 e. The molecule has 0 saturated heterocycles. The molecule has 3 rings (SSSR count). The number of amides is 1. The van der Waals surface area contributed by atoms with Gasteiger partial charge in [0.15, 0.2) is 0 Å². The molecule has 2 fully saturated rings. The Morgan fingerprint density at radius 3 is 2.67 bits per heavy atom. The molecule has 2 aliphatic carbocycles. The summed E-state index contributed by atoms with van der Waals surface area (Å²) in [6.45, 7) is 0.757. The van der Waals surface area contributed by atoms with Crippen molar-refractivity contribution >= 4 is 29.7 Å². The molecule has 2 bridgehead atoms. The molecule has 1 aromatic heterocycles. The molecule has 2 atom stereocenters. The minimum absolute atomic E-state index is 0. The molecule has 5 heteroatoms. The van der Waals surface area contributed by atoms with Gasteiger partial charge in [-0.3, -0.25) is 4.79 Å². The van der Waals surface area contributed by atoms with Crippen molar-refractivity contribution < 1.29 is 4.79 Å². The van der Waals surface area contributed by atoms with E-state index in [1.165, 1.54) is 24.8 Å². The number of carbonyl (C=O) groups excluding carboxylic acids is 1. The van der Waals surface area contributed by atoms with Crippen molar-refractivity contribution in [2.45, 2.75) is 44.6 Å². The molecule has 2 unspecified atom stereocenters. The highest BCUT2D eigenvalue weighted by molar-refractivity contribution is 7.07. The number of thiophene rings is 1. The molecule has 2 saturated carbocycles. The standard InChI is InChI=1S/C16H24N2OS.ClH/c17-15-12-2-1-3-13(15)9-14(8-12)16(19)18-6-4-11-5-7-20-10-11;/h5,7,10,12-15H,1-4,6,8-9,17H2,(H,18,19);1H. The summed E-state index contributed by atoms with van der Waals surface area (Å²) in [6.07, 6.45) is 6.68. The molecular formula is C16H25ClN2OS. The fourth-order valence-electron chi connectivity index (χ4n) is 3.91. The Kier molecular flexibility index (Phi) is 6.08. The lowest BCUT2D eigenvalue weighted by atomic mass is 9.65. The third-order valence-electron chi connectivity index (χ3n) is 5.08. The predicted octanol–water partition coefficient (Wildman–Crippen LogP) is 2.98. The third-order valence-corrected chi connectivity index (χ3v) is 5.81. The van der Waals surface area contributed by atoms with Gasteiger partial charge < -0.3 is 11.1 Å². The molecule has 21 heavy (non-hydrogen) atoms. The number of carbonyl (C=O) groups is 1. The zero-order valence-corrected chi connectivity index (χ0v) is 13.9. The second kappa shape index (κ2) is 7.61. The minimum Gasteiger partial charge on any atom is -0.356 e. The molecular weight excluding hydrogens is 304 g/mol. The van der Waals surface area contributed by atoms with Gasteiger partial charge in [-0.25, -0.2) is 0 Å². The normalized spacial score (nSPS) is 31.3. The topological polar surface area (TPSA) is 55.1 Å². The van der Waals surface area contributed by atoms with Crippen molar-refractivity contribution in [1.29, 1.82) is 0 Å². The van der Waals surface area contributed by atoms with Gasteiger partial charge >= 0.3 is 0 Å². The highest BCUT2D eigenvalue weighted by atomic mass is 35.5. The average Bonchev–Trinajstić information content (AvgIpc) is 2.91. The number of hydrogen-bond donors (Lipinski definition) is 2. The average molecular weight is 329 g/mol. The van der Waals surface area contributed by atoms with Crippen LogP contribution < -0.4 is 11.1 Å². The fourth-order valence-corrected chi connectivity index (χ4v) is 4.62. The summed E-state index contributed by atoms with van der Waals surface area (Å²) >= 11 is 1.71. The Morgan fingerprint density at radius 2 is 2.05 bits per heavy atom. The minimum atomic E-state index is 0. The van der Waals surface area contributed by atoms with Gasteiger partial charge in [0.25, 0.3) is 0 Å². The lowest BCUT2D eigenvalue weighted by Gasteiger charge is -2.43. The zero-order chi connectivity index (χ0) is 13.9. The van der Waals surface area contributed by atoms with E-state index >= 15 is 0 Å². The van der Waals surface area contributed by atoms with Gasteiger partial charge in [-0.1, -0.05) is 6.42 Å². The van der Waals surface area contributed by atoms with E-state index in [1.807, 2.05) is 0 Å². The Bertz CT molecular complexity index is 437. The van der Waals surface area contributed by atoms with Gasteiger partial charge in [0, 0.05) is 18.5 Å². The van der Waals surface area contributed by atoms with Crippen LogP contribution in [0, 0.1) is 17.8 Å². The molecule has 0 aromatic carbocycles. The van der Waals surface area contributed by atoms with Crippen molar-refractivity contribution in [3.8, 4) is 0 Å². The van der Waals surface area contributed by atoms with Gasteiger partial charge in [0.05, 0.1) is 0 Å². The Balaban J connectivity index is 0.00000161. The van der Waals surface area contributed by atoms with Crippen molar-refractivity contribution in [1.82, 2.24) is 5.32 Å². The Hall–Kier alpha value is -0.580. The van der Waals surface area contributed by atoms with Crippen molar-refractivity contribution in [3.63, 3.8) is 0 Å². The number of nitrogens with one attached hydrogen (secondary N) is 1. The van der Waals surface area contributed by atoms with Crippen molar-refractivity contribution in [2.24, 2.45) is 23.5 Å². The first-order valence-corrected chi connectivity index (χ1v) is 8.72. The quantitative estimate of drug-likeness (QED) is 0.892. The van der Waals surface area contributed by atoms with Crippen molar-refractivity contribution in [3.05, 3.63) is 22.4 Å². The number of nitrogens with two attached hydrogens (primary N) is 1. The molecule has 118 valence electrons. The number of fused-ring (bicyclic) bond motifs is 2. The molecule has 0 aliphatic heterocycles. The summed E-state index contributed by atoms with van der Waals surface area (Å²) < 4.78 is 0. The Labute approximate surface area is 137 Å². The van der Waals surface area contributed by atoms with Gasteiger partial charge in [-0.15, -0.1) is 12.4 Å². The molecule has 1 aromatic rings. The van der Waals surface area contributed by atoms with Gasteiger partial charge in [-0.2, -0.15) is 11.3 Å². The second-order valence-electron chi connectivity index (χ2n) is 6.37. The van der Waals surface area contributed by atoms with E-state index < -0.39 is 0 Å². The van der Waals surface area contributed by atoms with E-state index in [0.29, 0.717) is 17.9 Å². The monoisotopic (exact) mass is 328 g/mol. The first kappa shape index (κ1) is 16.8. The summed E-state index contributed by atoms with van der Waals surface area (Å²) in [4.78, 5) is 12.3. The van der Waals surface area contributed by atoms with Gasteiger partial charge in [0.1, 0.15) is 0 Å². The summed E-state index contributed by atoms with van der Waals surface area (Å²) in [5.74, 6) is 1.61. The number of hydrogen-bond acceptors (Lipinski definition) is 3. The van der Waals surface area contributed by atoms with E-state index in [0.717, 1.165) is 25.8 Å². The molecule has 2 aliphatic rings. The number of halogens is 1. The van der Waals surface area contributed by atoms with Crippen LogP contribution in [0.3, 0.4) is 0 Å². The molecule has 1 heterocycles. The molecule has 0 spiro atoms. The van der Waals surface area contributed by atoms with E-state index in [4.69, 9.17) is 5.73 Å². The van der Waals surface area contributed by atoms with E-state index in [1.54, 1.807) is 11.3 Å². The summed E-state index contributed by atoms with van der Waals surface area (Å²) in [7, 11) is 0. The lowest BCUT2D eigenvalue weighted by molar-refractivity contribution is -0.127. The first-order valence-electron chi connectivity index (χ1n) is 7.78. The highest BCUT2D eigenvalue weighted by Gasteiger charge is 2.40. The van der Waals surface area contributed by atoms with Gasteiger partial charge in [0.2, 0.25) is 5.91 Å². The molecule has 3 N–H and O–H groups in total. The zero-order valence-electron chi connectivity index (χ0n) is 12.3. The maximum atomic E-state index is 12.3. The summed E-state index contributed by atoms with van der Waals surface area (Å²) in [5, 5.41) is 7.35. The van der Waals surface area contributed by atoms with Crippen LogP contribution in [0.15, 0.2) is 16.8 Å². The van der Waals surface area contributed by atoms with Crippen LogP contribution in [0.1, 0.15) is 37.7 Å². The predicted molar refractivity (Wildman–Crippen MR) is 89.8 cm³/mol. The molecule has 3 nitrogen and oxygen atoms in total. The van der Waals surface area contributed by atoms with Crippen molar-refractivity contribution in [2.75, 3.05) is 6.54 Å².